The molecule has 12 heteroatoms. The van der Waals surface area contributed by atoms with E-state index in [1.807, 2.05) is 0 Å². The predicted octanol–water partition coefficient (Wildman–Crippen LogP) is 0.819. The number of hydrogen-bond acceptors (Lipinski definition) is 8. The highest BCUT2D eigenvalue weighted by molar-refractivity contribution is 7.89. The van der Waals surface area contributed by atoms with Gasteiger partial charge in [0.05, 0.1) is 23.3 Å². The molecule has 3 rings (SSSR count). The van der Waals surface area contributed by atoms with E-state index in [-0.39, 0.29) is 66.5 Å². The van der Waals surface area contributed by atoms with Gasteiger partial charge in [0, 0.05) is 43.7 Å². The van der Waals surface area contributed by atoms with Crippen LogP contribution in [0, 0.1) is 16.0 Å². The van der Waals surface area contributed by atoms with E-state index >= 15 is 0 Å². The Hall–Kier alpha value is -2.28. The highest BCUT2D eigenvalue weighted by Crippen LogP contribution is 2.31. The van der Waals surface area contributed by atoms with E-state index in [0.29, 0.717) is 25.7 Å². The van der Waals surface area contributed by atoms with Gasteiger partial charge in [-0.3, -0.25) is 14.9 Å². The number of carbonyl (C=O) groups is 1. The van der Waals surface area contributed by atoms with E-state index in [4.69, 9.17) is 5.11 Å². The molecule has 1 aromatic carbocycles. The van der Waals surface area contributed by atoms with Crippen molar-refractivity contribution in [2.24, 2.45) is 5.92 Å². The molecule has 0 unspecified atom stereocenters. The van der Waals surface area contributed by atoms with Crippen molar-refractivity contribution in [3.8, 4) is 0 Å². The summed E-state index contributed by atoms with van der Waals surface area (Å²) in [6.07, 6.45) is 3.20. The summed E-state index contributed by atoms with van der Waals surface area (Å²) in [5, 5.41) is 35.6. The summed E-state index contributed by atoms with van der Waals surface area (Å²) in [5.41, 5.74) is -0.158. The number of amides is 1. The number of aliphatic hydroxyl groups excluding tert-OH is 2. The molecule has 1 amide bonds. The maximum Gasteiger partial charge on any atom is 0.270 e. The zero-order valence-corrected chi connectivity index (χ0v) is 18.6. The van der Waals surface area contributed by atoms with Gasteiger partial charge in [-0.15, -0.1) is 0 Å². The summed E-state index contributed by atoms with van der Waals surface area (Å²) in [5.74, 6) is -0.394. The molecule has 1 aliphatic carbocycles. The highest BCUT2D eigenvalue weighted by atomic mass is 32.2. The van der Waals surface area contributed by atoms with E-state index in [1.165, 1.54) is 16.4 Å². The Morgan fingerprint density at radius 1 is 1.16 bits per heavy atom. The second kappa shape index (κ2) is 10.6. The molecular weight excluding hydrogens is 440 g/mol. The predicted molar refractivity (Wildman–Crippen MR) is 117 cm³/mol. The highest BCUT2D eigenvalue weighted by Gasteiger charge is 2.35. The number of benzene rings is 1. The van der Waals surface area contributed by atoms with Gasteiger partial charge in [-0.2, -0.15) is 4.31 Å². The number of anilines is 1. The fourth-order valence-electron chi connectivity index (χ4n) is 4.21. The van der Waals surface area contributed by atoms with Gasteiger partial charge < -0.3 is 20.8 Å². The standard InChI is InChI=1S/C20H30N4O7S/c25-12-9-21-18-6-3-16(24(28)29)13-19(18)32(30,31)23-10-7-14(8-11-23)20(27)22-15-1-4-17(26)5-2-15/h3,6,13-15,17,21,25-26H,1-2,4-5,7-12H2,(H,22,27). The lowest BCUT2D eigenvalue weighted by atomic mass is 9.91. The first-order valence-electron chi connectivity index (χ1n) is 10.8. The first-order chi connectivity index (χ1) is 15.2. The molecule has 0 radical (unpaired) electrons. The summed E-state index contributed by atoms with van der Waals surface area (Å²) in [6, 6.07) is 3.59. The Labute approximate surface area is 187 Å². The van der Waals surface area contributed by atoms with E-state index in [2.05, 4.69) is 10.6 Å². The second-order valence-corrected chi connectivity index (χ2v) is 10.2. The van der Waals surface area contributed by atoms with Crippen molar-refractivity contribution in [1.29, 1.82) is 0 Å². The minimum atomic E-state index is -4.04. The molecule has 178 valence electrons. The summed E-state index contributed by atoms with van der Waals surface area (Å²) in [4.78, 5) is 22.9. The van der Waals surface area contributed by atoms with E-state index in [1.54, 1.807) is 0 Å². The lowest BCUT2D eigenvalue weighted by molar-refractivity contribution is -0.385. The van der Waals surface area contributed by atoms with Gasteiger partial charge in [0.2, 0.25) is 15.9 Å². The largest absolute Gasteiger partial charge is 0.395 e. The molecule has 0 aromatic heterocycles. The Balaban J connectivity index is 1.67. The van der Waals surface area contributed by atoms with Crippen LogP contribution in [0.25, 0.3) is 0 Å². The van der Waals surface area contributed by atoms with E-state index in [0.717, 1.165) is 18.9 Å². The number of hydrogen-bond donors (Lipinski definition) is 4. The van der Waals surface area contributed by atoms with Gasteiger partial charge in [0.15, 0.2) is 0 Å². The van der Waals surface area contributed by atoms with E-state index in [9.17, 15) is 28.4 Å². The van der Waals surface area contributed by atoms with Crippen LogP contribution in [0.1, 0.15) is 38.5 Å². The molecule has 0 spiro atoms. The maximum atomic E-state index is 13.2. The number of non-ortho nitro benzene ring substituents is 1. The van der Waals surface area contributed by atoms with Crippen LogP contribution in [0.4, 0.5) is 11.4 Å². The fourth-order valence-corrected chi connectivity index (χ4v) is 5.87. The van der Waals surface area contributed by atoms with Gasteiger partial charge in [-0.05, 0) is 44.6 Å². The average molecular weight is 471 g/mol. The van der Waals surface area contributed by atoms with Crippen LogP contribution < -0.4 is 10.6 Å². The molecule has 1 aliphatic heterocycles. The van der Waals surface area contributed by atoms with Crippen molar-refractivity contribution in [2.45, 2.75) is 55.6 Å². The minimum Gasteiger partial charge on any atom is -0.395 e. The third kappa shape index (κ3) is 5.74. The van der Waals surface area contributed by atoms with Crippen molar-refractivity contribution in [3.63, 3.8) is 0 Å². The van der Waals surface area contributed by atoms with Crippen LogP contribution in [0.2, 0.25) is 0 Å². The first kappa shape index (κ1) is 24.4. The molecule has 0 atom stereocenters. The zero-order chi connectivity index (χ0) is 23.3. The van der Waals surface area contributed by atoms with Crippen LogP contribution >= 0.6 is 0 Å². The van der Waals surface area contributed by atoms with Crippen LogP contribution in [0.3, 0.4) is 0 Å². The monoisotopic (exact) mass is 470 g/mol. The maximum absolute atomic E-state index is 13.2. The SMILES string of the molecule is O=C(NC1CCC(O)CC1)C1CCN(S(=O)(=O)c2cc([N+](=O)[O-])ccc2NCCO)CC1. The topological polar surface area (TPSA) is 162 Å². The number of rotatable bonds is 8. The van der Waals surface area contributed by atoms with Crippen LogP contribution in [0.5, 0.6) is 0 Å². The number of nitro benzene ring substituents is 1. The van der Waals surface area contributed by atoms with Gasteiger partial charge in [0.1, 0.15) is 4.90 Å². The number of nitro groups is 1. The number of sulfonamides is 1. The molecule has 1 aromatic rings. The van der Waals surface area contributed by atoms with Gasteiger partial charge in [0.25, 0.3) is 5.69 Å². The lowest BCUT2D eigenvalue weighted by Gasteiger charge is -2.33. The van der Waals surface area contributed by atoms with Crippen molar-refractivity contribution >= 4 is 27.3 Å². The number of carbonyl (C=O) groups excluding carboxylic acids is 1. The summed E-state index contributed by atoms with van der Waals surface area (Å²) in [6.45, 7) is 0.134. The molecular formula is C20H30N4O7S. The second-order valence-electron chi connectivity index (χ2n) is 8.28. The summed E-state index contributed by atoms with van der Waals surface area (Å²) in [7, 11) is -4.04. The van der Waals surface area contributed by atoms with Gasteiger partial charge in [-0.25, -0.2) is 8.42 Å². The Bertz CT molecular complexity index is 924. The van der Waals surface area contributed by atoms with Crippen molar-refractivity contribution in [2.75, 3.05) is 31.6 Å². The number of piperidine rings is 1. The molecule has 2 aliphatic rings. The van der Waals surface area contributed by atoms with Gasteiger partial charge >= 0.3 is 0 Å². The van der Waals surface area contributed by atoms with Crippen molar-refractivity contribution < 1.29 is 28.3 Å². The quantitative estimate of drug-likeness (QED) is 0.321. The van der Waals surface area contributed by atoms with E-state index < -0.39 is 14.9 Å². The van der Waals surface area contributed by atoms with Crippen molar-refractivity contribution in [3.05, 3.63) is 28.3 Å². The Morgan fingerprint density at radius 3 is 2.41 bits per heavy atom. The Morgan fingerprint density at radius 2 is 1.81 bits per heavy atom. The number of nitrogens with one attached hydrogen (secondary N) is 2. The number of nitrogens with zero attached hydrogens (tertiary/aromatic N) is 2. The average Bonchev–Trinajstić information content (AvgIpc) is 2.79. The fraction of sp³-hybridized carbons (Fsp3) is 0.650. The smallest absolute Gasteiger partial charge is 0.270 e. The van der Waals surface area contributed by atoms with Gasteiger partial charge in [-0.1, -0.05) is 0 Å². The molecule has 1 saturated carbocycles. The number of aliphatic hydroxyl groups is 2. The molecule has 2 fully saturated rings. The lowest BCUT2D eigenvalue weighted by Crippen LogP contribution is -2.46. The summed E-state index contributed by atoms with van der Waals surface area (Å²) >= 11 is 0. The van der Waals surface area contributed by atoms with Crippen LogP contribution in [-0.4, -0.2) is 72.2 Å². The third-order valence-electron chi connectivity index (χ3n) is 6.09. The first-order valence-corrected chi connectivity index (χ1v) is 12.3. The van der Waals surface area contributed by atoms with Crippen LogP contribution in [-0.2, 0) is 14.8 Å². The third-order valence-corrected chi connectivity index (χ3v) is 8.03. The molecule has 32 heavy (non-hydrogen) atoms. The normalized spacial score (nSPS) is 22.9. The van der Waals surface area contributed by atoms with Crippen molar-refractivity contribution in [1.82, 2.24) is 9.62 Å². The Kier molecular flexibility index (Phi) is 8.04. The molecule has 4 N–H and O–H groups in total. The van der Waals surface area contributed by atoms with Crippen LogP contribution in [0.15, 0.2) is 23.1 Å². The minimum absolute atomic E-state index is 0.0395. The molecule has 1 heterocycles. The molecule has 11 nitrogen and oxygen atoms in total. The zero-order valence-electron chi connectivity index (χ0n) is 17.8. The summed E-state index contributed by atoms with van der Waals surface area (Å²) < 4.78 is 27.7. The molecule has 0 bridgehead atoms. The molecule has 1 saturated heterocycles.